The predicted molar refractivity (Wildman–Crippen MR) is 247 cm³/mol. The first-order valence-corrected chi connectivity index (χ1v) is 22.6. The molecule has 0 bridgehead atoms. The number of nitrogens with one attached hydrogen (secondary N) is 1. The molecule has 0 spiro atoms. The summed E-state index contributed by atoms with van der Waals surface area (Å²) in [6.45, 7) is 8.59. The molecule has 4 aromatic carbocycles. The van der Waals surface area contributed by atoms with Crippen LogP contribution in [0.5, 0.6) is 11.5 Å². The van der Waals surface area contributed by atoms with Crippen LogP contribution in [0.1, 0.15) is 67.4 Å². The number of nitrogens with zero attached hydrogens (tertiary/aromatic N) is 4. The summed E-state index contributed by atoms with van der Waals surface area (Å²) in [4.78, 5) is 31.4. The molecule has 0 aliphatic carbocycles. The van der Waals surface area contributed by atoms with E-state index in [4.69, 9.17) is 37.5 Å². The average molecular weight is 908 g/mol. The molecule has 15 nitrogen and oxygen atoms in total. The van der Waals surface area contributed by atoms with E-state index < -0.39 is 50.3 Å². The van der Waals surface area contributed by atoms with Crippen LogP contribution in [0.25, 0.3) is 0 Å². The Morgan fingerprint density at radius 1 is 0.815 bits per heavy atom. The van der Waals surface area contributed by atoms with E-state index >= 15 is 0 Å². The molecule has 6 rings (SSSR count). The average Bonchev–Trinajstić information content (AvgIpc) is 3.65. The van der Waals surface area contributed by atoms with Crippen molar-refractivity contribution in [2.75, 3.05) is 53.1 Å². The van der Waals surface area contributed by atoms with Gasteiger partial charge in [0.2, 0.25) is 0 Å². The van der Waals surface area contributed by atoms with Gasteiger partial charge in [0.05, 0.1) is 53.1 Å². The Labute approximate surface area is 382 Å². The van der Waals surface area contributed by atoms with Crippen LogP contribution in [0.3, 0.4) is 0 Å². The summed E-state index contributed by atoms with van der Waals surface area (Å²) in [5, 5.41) is 12.2. The Bertz CT molecular complexity index is 2290. The molecule has 0 saturated carbocycles. The van der Waals surface area contributed by atoms with Crippen molar-refractivity contribution in [3.8, 4) is 17.6 Å². The van der Waals surface area contributed by atoms with Crippen LogP contribution >= 0.6 is 8.53 Å². The topological polar surface area (TPSA) is 165 Å². The van der Waals surface area contributed by atoms with Crippen LogP contribution in [0.2, 0.25) is 0 Å². The predicted octanol–water partition coefficient (Wildman–Crippen LogP) is 8.11. The minimum Gasteiger partial charge on any atom is -0.497 e. The van der Waals surface area contributed by atoms with E-state index in [2.05, 4.69) is 48.7 Å². The van der Waals surface area contributed by atoms with Crippen molar-refractivity contribution < 1.29 is 42.3 Å². The molecule has 65 heavy (non-hydrogen) atoms. The van der Waals surface area contributed by atoms with Gasteiger partial charge in [-0.3, -0.25) is 9.36 Å². The van der Waals surface area contributed by atoms with Gasteiger partial charge in [0.1, 0.15) is 41.2 Å². The summed E-state index contributed by atoms with van der Waals surface area (Å²) in [7, 11) is 2.95. The molecule has 0 radical (unpaired) electrons. The Hall–Kier alpha value is -5.53. The van der Waals surface area contributed by atoms with E-state index in [-0.39, 0.29) is 50.7 Å². The lowest BCUT2D eigenvalue weighted by molar-refractivity contribution is -0.0990. The number of methoxy groups -OCH3 is 3. The van der Waals surface area contributed by atoms with Crippen LogP contribution in [-0.2, 0) is 33.6 Å². The highest BCUT2D eigenvalue weighted by atomic mass is 31.2. The van der Waals surface area contributed by atoms with Crippen molar-refractivity contribution in [3.63, 3.8) is 0 Å². The smallest absolute Gasteiger partial charge is 0.351 e. The summed E-state index contributed by atoms with van der Waals surface area (Å²) in [5.74, 6) is 0.990. The molecular formula is C49H58N5O10P. The Morgan fingerprint density at radius 2 is 1.40 bits per heavy atom. The Morgan fingerprint density at radius 3 is 1.94 bits per heavy atom. The third-order valence-electron chi connectivity index (χ3n) is 10.8. The van der Waals surface area contributed by atoms with Gasteiger partial charge in [0.15, 0.2) is 6.23 Å². The molecule has 1 amide bonds. The molecule has 344 valence electrons. The second kappa shape index (κ2) is 23.6. The number of hydrogen-bond donors (Lipinski definition) is 1. The highest BCUT2D eigenvalue weighted by Crippen LogP contribution is 2.51. The number of rotatable bonds is 23. The molecule has 1 fully saturated rings. The first-order valence-electron chi connectivity index (χ1n) is 21.5. The summed E-state index contributed by atoms with van der Waals surface area (Å²) in [6.07, 6.45) is -2.20. The van der Waals surface area contributed by atoms with Crippen LogP contribution < -0.4 is 20.5 Å². The standard InChI is InChI=1S/C49H58N5O10P/c1-34(2)54(35(3)4)65(62-30-14-28-50)64-44-42(63-47(45(44)60-32-31-57-5)53-29-27-43(52-48(53)56)51-46(55)36-15-10-8-11-16-36)33-61-49(37-17-12-9-13-18-37,38-19-23-40(58-6)24-20-38)39-21-25-41(59-7)26-22-39/h8-13,15-27,29,34-35,42,44-45,47H,14,30-33H2,1-7H3,(H,51,52,55,56)/t42?,44?,45-,47?,65?/m0/s1. The molecular weight excluding hydrogens is 850 g/mol. The number of carbonyl (C=O) groups excluding carboxylic acids is 1. The number of hydrogen-bond acceptors (Lipinski definition) is 13. The number of anilines is 1. The highest BCUT2D eigenvalue weighted by Gasteiger charge is 2.51. The first kappa shape index (κ1) is 48.9. The summed E-state index contributed by atoms with van der Waals surface area (Å²) < 4.78 is 54.4. The zero-order chi connectivity index (χ0) is 46.3. The van der Waals surface area contributed by atoms with Gasteiger partial charge >= 0.3 is 5.69 Å². The summed E-state index contributed by atoms with van der Waals surface area (Å²) in [5.41, 5.74) is 0.914. The number of benzene rings is 4. The van der Waals surface area contributed by atoms with Gasteiger partial charge in [-0.15, -0.1) is 0 Å². The lowest BCUT2D eigenvalue weighted by atomic mass is 9.80. The molecule has 16 heteroatoms. The van der Waals surface area contributed by atoms with Gasteiger partial charge in [0, 0.05) is 31.0 Å². The van der Waals surface area contributed by atoms with Gasteiger partial charge < -0.3 is 42.8 Å². The molecule has 1 N–H and O–H groups in total. The fourth-order valence-corrected chi connectivity index (χ4v) is 9.54. The molecule has 1 aliphatic rings. The number of ether oxygens (including phenoxy) is 6. The monoisotopic (exact) mass is 907 g/mol. The minimum atomic E-state index is -1.85. The van der Waals surface area contributed by atoms with E-state index in [1.165, 1.54) is 16.8 Å². The van der Waals surface area contributed by atoms with Gasteiger partial charge in [-0.25, -0.2) is 9.46 Å². The Balaban J connectivity index is 1.47. The zero-order valence-electron chi connectivity index (χ0n) is 37.9. The van der Waals surface area contributed by atoms with Crippen molar-refractivity contribution in [2.24, 2.45) is 0 Å². The zero-order valence-corrected chi connectivity index (χ0v) is 38.8. The van der Waals surface area contributed by atoms with Gasteiger partial charge in [-0.05, 0) is 86.8 Å². The molecule has 2 heterocycles. The second-order valence-electron chi connectivity index (χ2n) is 15.6. The van der Waals surface area contributed by atoms with Crippen molar-refractivity contribution in [1.29, 1.82) is 5.26 Å². The van der Waals surface area contributed by atoms with Crippen LogP contribution in [0, 0.1) is 11.3 Å². The SMILES string of the molecule is COCCO[C@H]1C(OP(OCCC#N)N(C(C)C)C(C)C)C(COC(c2ccccc2)(c2ccc(OC)cc2)c2ccc(OC)cc2)OC1n1ccc(NC(=O)c2ccccc2)nc1=O. The van der Waals surface area contributed by atoms with Crippen LogP contribution in [0.15, 0.2) is 126 Å². The quantitative estimate of drug-likeness (QED) is 0.0380. The van der Waals surface area contributed by atoms with Crippen LogP contribution in [0.4, 0.5) is 5.82 Å². The normalized spacial score (nSPS) is 17.9. The van der Waals surface area contributed by atoms with Crippen molar-refractivity contribution in [1.82, 2.24) is 14.2 Å². The Kier molecular flexibility index (Phi) is 17.8. The molecule has 5 aromatic rings. The third kappa shape index (κ3) is 11.8. The fourth-order valence-electron chi connectivity index (χ4n) is 7.77. The maximum atomic E-state index is 14.1. The fraction of sp³-hybridized carbons (Fsp3) is 0.388. The number of carbonyl (C=O) groups is 1. The minimum absolute atomic E-state index is 0.0230. The largest absolute Gasteiger partial charge is 0.497 e. The lowest BCUT2D eigenvalue weighted by Gasteiger charge is -2.39. The molecule has 4 unspecified atom stereocenters. The summed E-state index contributed by atoms with van der Waals surface area (Å²) in [6, 6.07) is 37.6. The van der Waals surface area contributed by atoms with E-state index in [0.717, 1.165) is 16.7 Å². The van der Waals surface area contributed by atoms with E-state index in [1.807, 2.05) is 84.9 Å². The van der Waals surface area contributed by atoms with E-state index in [0.29, 0.717) is 17.1 Å². The van der Waals surface area contributed by atoms with Gasteiger partial charge in [-0.2, -0.15) is 10.2 Å². The maximum absolute atomic E-state index is 14.1. The number of aromatic nitrogens is 2. The van der Waals surface area contributed by atoms with E-state index in [1.54, 1.807) is 45.6 Å². The molecule has 1 aliphatic heterocycles. The van der Waals surface area contributed by atoms with E-state index in [9.17, 15) is 14.9 Å². The second-order valence-corrected chi connectivity index (χ2v) is 17.1. The first-order chi connectivity index (χ1) is 31.5. The summed E-state index contributed by atoms with van der Waals surface area (Å²) >= 11 is 0. The molecule has 1 saturated heterocycles. The van der Waals surface area contributed by atoms with Crippen molar-refractivity contribution in [3.05, 3.63) is 154 Å². The van der Waals surface area contributed by atoms with Gasteiger partial charge in [-0.1, -0.05) is 72.8 Å². The van der Waals surface area contributed by atoms with Crippen molar-refractivity contribution in [2.45, 2.75) is 76.3 Å². The van der Waals surface area contributed by atoms with Gasteiger partial charge in [0.25, 0.3) is 14.4 Å². The maximum Gasteiger partial charge on any atom is 0.351 e. The third-order valence-corrected chi connectivity index (χ3v) is 12.9. The number of nitriles is 1. The van der Waals surface area contributed by atoms with Crippen LogP contribution in [-0.4, -0.2) is 98.3 Å². The molecule has 1 aromatic heterocycles. The van der Waals surface area contributed by atoms with Crippen molar-refractivity contribution >= 4 is 20.3 Å². The lowest BCUT2D eigenvalue weighted by Crippen LogP contribution is -2.43. The highest BCUT2D eigenvalue weighted by molar-refractivity contribution is 7.44. The number of amides is 1. The molecule has 5 atom stereocenters.